The molecule has 4 heterocycles. The number of hydrogen-bond donors (Lipinski definition) is 0. The number of rotatable bonds is 4. The van der Waals surface area contributed by atoms with Gasteiger partial charge in [0.15, 0.2) is 5.69 Å². The Morgan fingerprint density at radius 1 is 1.12 bits per heavy atom. The molecule has 0 N–H and O–H groups in total. The molecule has 41 heavy (non-hydrogen) atoms. The smallest absolute Gasteiger partial charge is 0.333 e. The molecule has 0 bridgehead atoms. The third kappa shape index (κ3) is 4.76. The van der Waals surface area contributed by atoms with Crippen molar-refractivity contribution < 1.29 is 18.0 Å². The quantitative estimate of drug-likeness (QED) is 0.244. The fourth-order valence-electron chi connectivity index (χ4n) is 5.42. The molecular weight excluding hydrogens is 599 g/mol. The molecule has 2 aromatic carbocycles. The third-order valence-electron chi connectivity index (χ3n) is 7.08. The lowest BCUT2D eigenvalue weighted by atomic mass is 9.87. The van der Waals surface area contributed by atoms with E-state index in [0.29, 0.717) is 67.5 Å². The Morgan fingerprint density at radius 3 is 2.61 bits per heavy atom. The summed E-state index contributed by atoms with van der Waals surface area (Å²) in [5.41, 5.74) is 2.82. The first-order chi connectivity index (χ1) is 19.5. The Balaban J connectivity index is 1.55. The summed E-state index contributed by atoms with van der Waals surface area (Å²) in [6, 6.07) is 10.9. The van der Waals surface area contributed by atoms with E-state index in [0.717, 1.165) is 4.68 Å². The first-order valence-electron chi connectivity index (χ1n) is 12.6. The molecule has 0 atom stereocenters. The molecule has 5 aromatic rings. The second-order valence-corrected chi connectivity index (χ2v) is 10.8. The molecule has 1 amide bonds. The van der Waals surface area contributed by atoms with E-state index in [-0.39, 0.29) is 18.0 Å². The van der Waals surface area contributed by atoms with Crippen molar-refractivity contribution in [3.8, 4) is 17.2 Å². The first-order valence-corrected chi connectivity index (χ1v) is 13.4. The summed E-state index contributed by atoms with van der Waals surface area (Å²) >= 11 is 3.45. The van der Waals surface area contributed by atoms with E-state index in [1.54, 1.807) is 59.4 Å². The van der Waals surface area contributed by atoms with Gasteiger partial charge >= 0.3 is 6.18 Å². The standard InChI is InChI=1S/C29H21BrF3N7O/c1-16-7-25(23-11-19(30)10-18(12-34)26(23)36-16)40-5-3-20-21(24-14-38(2)37-27(24)29(31,32)33)8-17(9-22(20)28(40)41)13-39-6-4-35-15-39/h4,6-11,14-15H,3,5,13H2,1-2H3. The summed E-state index contributed by atoms with van der Waals surface area (Å²) in [4.78, 5) is 24.4. The van der Waals surface area contributed by atoms with Gasteiger partial charge in [-0.15, -0.1) is 0 Å². The summed E-state index contributed by atoms with van der Waals surface area (Å²) in [7, 11) is 1.44. The van der Waals surface area contributed by atoms with Crippen molar-refractivity contribution in [2.75, 3.05) is 11.4 Å². The number of benzene rings is 2. The van der Waals surface area contributed by atoms with Gasteiger partial charge in [-0.3, -0.25) is 14.5 Å². The van der Waals surface area contributed by atoms with Crippen molar-refractivity contribution in [3.63, 3.8) is 0 Å². The number of carbonyl (C=O) groups excluding carboxylic acids is 1. The molecule has 0 saturated heterocycles. The Bertz CT molecular complexity index is 1890. The molecule has 1 aliphatic rings. The van der Waals surface area contributed by atoms with Crippen molar-refractivity contribution in [3.05, 3.63) is 93.4 Å². The molecule has 0 unspecified atom stereocenters. The molecule has 206 valence electrons. The number of alkyl halides is 3. The van der Waals surface area contributed by atoms with Gasteiger partial charge in [0.05, 0.1) is 23.1 Å². The third-order valence-corrected chi connectivity index (χ3v) is 7.54. The van der Waals surface area contributed by atoms with Crippen LogP contribution in [0.4, 0.5) is 18.9 Å². The maximum atomic E-state index is 14.2. The number of hydrogen-bond acceptors (Lipinski definition) is 5. The van der Waals surface area contributed by atoms with Gasteiger partial charge in [0, 0.05) is 65.4 Å². The lowest BCUT2D eigenvalue weighted by molar-refractivity contribution is -0.140. The molecule has 0 spiro atoms. The van der Waals surface area contributed by atoms with E-state index in [4.69, 9.17) is 0 Å². The number of amides is 1. The van der Waals surface area contributed by atoms with Gasteiger partial charge in [0.2, 0.25) is 0 Å². The summed E-state index contributed by atoms with van der Waals surface area (Å²) < 4.78 is 45.7. The van der Waals surface area contributed by atoms with Crippen LogP contribution in [-0.2, 0) is 26.2 Å². The van der Waals surface area contributed by atoms with E-state index < -0.39 is 11.9 Å². The van der Waals surface area contributed by atoms with Gasteiger partial charge in [0.1, 0.15) is 6.07 Å². The summed E-state index contributed by atoms with van der Waals surface area (Å²) in [5, 5.41) is 14.0. The SMILES string of the molecule is Cc1cc(N2CCc3c(cc(Cn4ccnc4)cc3-c3cn(C)nc3C(F)(F)F)C2=O)c2cc(Br)cc(C#N)c2n1. The molecule has 3 aromatic heterocycles. The number of fused-ring (bicyclic) bond motifs is 2. The van der Waals surface area contributed by atoms with Gasteiger partial charge in [-0.2, -0.15) is 23.5 Å². The van der Waals surface area contributed by atoms with Gasteiger partial charge in [-0.1, -0.05) is 15.9 Å². The van der Waals surface area contributed by atoms with E-state index in [1.165, 1.54) is 13.2 Å². The van der Waals surface area contributed by atoms with Gasteiger partial charge < -0.3 is 9.47 Å². The van der Waals surface area contributed by atoms with Crippen molar-refractivity contribution >= 4 is 38.4 Å². The van der Waals surface area contributed by atoms with Crippen LogP contribution in [0.15, 0.2) is 59.7 Å². The Morgan fingerprint density at radius 2 is 1.90 bits per heavy atom. The van der Waals surface area contributed by atoms with E-state index in [9.17, 15) is 23.2 Å². The number of aromatic nitrogens is 5. The topological polar surface area (TPSA) is 92.6 Å². The van der Waals surface area contributed by atoms with Crippen LogP contribution in [0.1, 0.15) is 38.4 Å². The molecule has 1 aliphatic heterocycles. The number of aryl methyl sites for hydroxylation is 2. The van der Waals surface area contributed by atoms with E-state index >= 15 is 0 Å². The maximum absolute atomic E-state index is 14.2. The number of carbonyl (C=O) groups is 1. The second kappa shape index (κ2) is 9.85. The Labute approximate surface area is 240 Å². The molecule has 0 aliphatic carbocycles. The highest BCUT2D eigenvalue weighted by molar-refractivity contribution is 9.10. The Kier molecular flexibility index (Phi) is 6.42. The minimum atomic E-state index is -4.67. The summed E-state index contributed by atoms with van der Waals surface area (Å²) in [6.45, 7) is 2.33. The van der Waals surface area contributed by atoms with E-state index in [2.05, 4.69) is 37.1 Å². The average molecular weight is 620 g/mol. The number of nitriles is 1. The minimum Gasteiger partial charge on any atom is -0.333 e. The fraction of sp³-hybridized carbons (Fsp3) is 0.207. The van der Waals surface area contributed by atoms with Crippen LogP contribution >= 0.6 is 15.9 Å². The minimum absolute atomic E-state index is 0.0715. The zero-order valence-corrected chi connectivity index (χ0v) is 23.5. The van der Waals surface area contributed by atoms with Crippen molar-refractivity contribution in [1.29, 1.82) is 5.26 Å². The second-order valence-electron chi connectivity index (χ2n) is 9.92. The molecule has 6 rings (SSSR count). The predicted molar refractivity (Wildman–Crippen MR) is 149 cm³/mol. The average Bonchev–Trinajstić information content (AvgIpc) is 3.58. The van der Waals surface area contributed by atoms with Gasteiger partial charge in [-0.25, -0.2) is 4.98 Å². The maximum Gasteiger partial charge on any atom is 0.435 e. The van der Waals surface area contributed by atoms with Crippen LogP contribution in [-0.4, -0.2) is 36.8 Å². The molecule has 8 nitrogen and oxygen atoms in total. The zero-order chi connectivity index (χ0) is 29.1. The summed E-state index contributed by atoms with van der Waals surface area (Å²) in [5.74, 6) is -0.345. The highest BCUT2D eigenvalue weighted by atomic mass is 79.9. The largest absolute Gasteiger partial charge is 0.435 e. The van der Waals surface area contributed by atoms with Crippen molar-refractivity contribution in [2.45, 2.75) is 26.1 Å². The molecule has 0 fully saturated rings. The number of imidazole rings is 1. The highest BCUT2D eigenvalue weighted by Gasteiger charge is 2.39. The van der Waals surface area contributed by atoms with Crippen LogP contribution in [0.25, 0.3) is 22.0 Å². The summed E-state index contributed by atoms with van der Waals surface area (Å²) in [6.07, 6.45) is 1.95. The molecule has 12 heteroatoms. The van der Waals surface area contributed by atoms with Crippen LogP contribution in [0.3, 0.4) is 0 Å². The van der Waals surface area contributed by atoms with Crippen LogP contribution in [0.5, 0.6) is 0 Å². The molecular formula is C29H21BrF3N7O. The van der Waals surface area contributed by atoms with Gasteiger partial charge in [0.25, 0.3) is 5.91 Å². The van der Waals surface area contributed by atoms with E-state index in [1.807, 2.05) is 6.07 Å². The monoisotopic (exact) mass is 619 g/mol. The lowest BCUT2D eigenvalue weighted by Gasteiger charge is -2.31. The number of halogens is 4. The fourth-order valence-corrected chi connectivity index (χ4v) is 5.88. The van der Waals surface area contributed by atoms with Crippen LogP contribution < -0.4 is 4.90 Å². The Hall–Kier alpha value is -4.50. The normalized spacial score (nSPS) is 13.5. The first kappa shape index (κ1) is 26.7. The molecule has 0 radical (unpaired) electrons. The number of nitrogens with zero attached hydrogens (tertiary/aromatic N) is 7. The number of pyridine rings is 1. The van der Waals surface area contributed by atoms with Crippen LogP contribution in [0.2, 0.25) is 0 Å². The zero-order valence-electron chi connectivity index (χ0n) is 21.9. The van der Waals surface area contributed by atoms with Gasteiger partial charge in [-0.05, 0) is 60.4 Å². The molecule has 0 saturated carbocycles. The lowest BCUT2D eigenvalue weighted by Crippen LogP contribution is -2.38. The van der Waals surface area contributed by atoms with Crippen molar-refractivity contribution in [1.82, 2.24) is 24.3 Å². The highest BCUT2D eigenvalue weighted by Crippen LogP contribution is 2.41. The van der Waals surface area contributed by atoms with Crippen molar-refractivity contribution in [2.24, 2.45) is 7.05 Å². The number of anilines is 1. The van der Waals surface area contributed by atoms with Crippen LogP contribution in [0, 0.1) is 18.3 Å². The predicted octanol–water partition coefficient (Wildman–Crippen LogP) is 6.04.